The van der Waals surface area contributed by atoms with Gasteiger partial charge in [0.05, 0.1) is 6.54 Å². The van der Waals surface area contributed by atoms with Crippen LogP contribution in [0.5, 0.6) is 11.5 Å². The van der Waals surface area contributed by atoms with Crippen LogP contribution in [0, 0.1) is 0 Å². The van der Waals surface area contributed by atoms with E-state index in [1.54, 1.807) is 17.3 Å². The smallest absolute Gasteiger partial charge is 0.138 e. The third kappa shape index (κ3) is 5.63. The van der Waals surface area contributed by atoms with Crippen molar-refractivity contribution in [3.05, 3.63) is 71.3 Å². The standard InChI is InChI=1S/C21H25ClN4O2/c1-3-16(2)17-4-7-20(8-5-17)27-10-11-28-21-9-6-19(22)12-18(21)13-25-26-14-23-24-15-26/h4-9,12,14-16,25H,3,10-11,13H2,1-2H3. The number of benzene rings is 2. The molecule has 0 saturated heterocycles. The Morgan fingerprint density at radius 2 is 1.75 bits per heavy atom. The van der Waals surface area contributed by atoms with Crippen LogP contribution in [-0.4, -0.2) is 28.1 Å². The average molecular weight is 401 g/mol. The van der Waals surface area contributed by atoms with E-state index in [9.17, 15) is 0 Å². The number of aromatic nitrogens is 3. The number of rotatable bonds is 10. The SMILES string of the molecule is CCC(C)c1ccc(OCCOc2ccc(Cl)cc2CNn2cnnc2)cc1. The van der Waals surface area contributed by atoms with E-state index in [0.717, 1.165) is 23.5 Å². The molecule has 0 aliphatic heterocycles. The summed E-state index contributed by atoms with van der Waals surface area (Å²) in [5, 5.41) is 8.18. The molecule has 0 radical (unpaired) electrons. The monoisotopic (exact) mass is 400 g/mol. The van der Waals surface area contributed by atoms with Crippen LogP contribution >= 0.6 is 11.6 Å². The summed E-state index contributed by atoms with van der Waals surface area (Å²) >= 11 is 6.12. The highest BCUT2D eigenvalue weighted by Gasteiger charge is 2.06. The molecule has 0 bridgehead atoms. The lowest BCUT2D eigenvalue weighted by atomic mass is 9.99. The summed E-state index contributed by atoms with van der Waals surface area (Å²) in [4.78, 5) is 0. The Morgan fingerprint density at radius 3 is 2.46 bits per heavy atom. The van der Waals surface area contributed by atoms with Gasteiger partial charge in [0.2, 0.25) is 0 Å². The molecule has 0 spiro atoms. The van der Waals surface area contributed by atoms with Crippen molar-refractivity contribution in [2.45, 2.75) is 32.7 Å². The van der Waals surface area contributed by atoms with Gasteiger partial charge in [-0.25, -0.2) is 4.68 Å². The van der Waals surface area contributed by atoms with E-state index in [4.69, 9.17) is 21.1 Å². The van der Waals surface area contributed by atoms with E-state index >= 15 is 0 Å². The molecule has 148 valence electrons. The first kappa shape index (κ1) is 20.0. The number of halogens is 1. The summed E-state index contributed by atoms with van der Waals surface area (Å²) in [6, 6.07) is 13.8. The van der Waals surface area contributed by atoms with Gasteiger partial charge in [0.15, 0.2) is 0 Å². The van der Waals surface area contributed by atoms with Crippen LogP contribution in [0.1, 0.15) is 37.3 Å². The van der Waals surface area contributed by atoms with Crippen molar-refractivity contribution in [1.29, 1.82) is 0 Å². The first-order valence-electron chi connectivity index (χ1n) is 9.38. The van der Waals surface area contributed by atoms with Crippen molar-refractivity contribution in [3.63, 3.8) is 0 Å². The lowest BCUT2D eigenvalue weighted by molar-refractivity contribution is 0.216. The lowest BCUT2D eigenvalue weighted by Crippen LogP contribution is -2.14. The van der Waals surface area contributed by atoms with Crippen molar-refractivity contribution in [3.8, 4) is 11.5 Å². The third-order valence-corrected chi connectivity index (χ3v) is 4.80. The molecule has 0 aliphatic carbocycles. The number of nitrogens with one attached hydrogen (secondary N) is 1. The zero-order valence-corrected chi connectivity index (χ0v) is 16.9. The van der Waals surface area contributed by atoms with Crippen molar-refractivity contribution in [2.24, 2.45) is 0 Å². The fourth-order valence-electron chi connectivity index (χ4n) is 2.73. The quantitative estimate of drug-likeness (QED) is 0.502. The Hall–Kier alpha value is -2.73. The molecule has 1 unspecified atom stereocenters. The second-order valence-electron chi connectivity index (χ2n) is 6.53. The first-order chi connectivity index (χ1) is 13.7. The molecule has 1 aromatic heterocycles. The van der Waals surface area contributed by atoms with E-state index < -0.39 is 0 Å². The minimum atomic E-state index is 0.439. The molecule has 0 aliphatic rings. The average Bonchev–Trinajstić information content (AvgIpc) is 3.24. The molecule has 3 aromatic rings. The molecule has 0 saturated carbocycles. The highest BCUT2D eigenvalue weighted by Crippen LogP contribution is 2.24. The van der Waals surface area contributed by atoms with Gasteiger partial charge in [0, 0.05) is 10.6 Å². The molecule has 0 fully saturated rings. The molecule has 28 heavy (non-hydrogen) atoms. The van der Waals surface area contributed by atoms with Crippen LogP contribution in [0.4, 0.5) is 0 Å². The summed E-state index contributed by atoms with van der Waals surface area (Å²) in [6.45, 7) is 5.86. The fraction of sp³-hybridized carbons (Fsp3) is 0.333. The summed E-state index contributed by atoms with van der Waals surface area (Å²) < 4.78 is 13.4. The van der Waals surface area contributed by atoms with Crippen LogP contribution in [0.25, 0.3) is 0 Å². The maximum atomic E-state index is 6.12. The van der Waals surface area contributed by atoms with Crippen LogP contribution in [0.2, 0.25) is 5.02 Å². The molecule has 1 N–H and O–H groups in total. The minimum absolute atomic E-state index is 0.439. The first-order valence-corrected chi connectivity index (χ1v) is 9.76. The second kappa shape index (κ2) is 9.99. The van der Waals surface area contributed by atoms with Gasteiger partial charge in [-0.1, -0.05) is 37.6 Å². The van der Waals surface area contributed by atoms with Gasteiger partial charge in [-0.15, -0.1) is 10.2 Å². The second-order valence-corrected chi connectivity index (χ2v) is 6.97. The summed E-state index contributed by atoms with van der Waals surface area (Å²) in [5.74, 6) is 2.18. The third-order valence-electron chi connectivity index (χ3n) is 4.56. The zero-order chi connectivity index (χ0) is 19.8. The fourth-order valence-corrected chi connectivity index (χ4v) is 2.92. The Morgan fingerprint density at radius 1 is 1.04 bits per heavy atom. The Labute approximate surface area is 170 Å². The topological polar surface area (TPSA) is 61.2 Å². The van der Waals surface area contributed by atoms with Gasteiger partial charge in [0.1, 0.15) is 37.4 Å². The largest absolute Gasteiger partial charge is 0.490 e. The number of nitrogens with zero attached hydrogens (tertiary/aromatic N) is 3. The van der Waals surface area contributed by atoms with Gasteiger partial charge in [-0.05, 0) is 48.2 Å². The number of hydrogen-bond acceptors (Lipinski definition) is 5. The predicted octanol–water partition coefficient (Wildman–Crippen LogP) is 4.65. The maximum absolute atomic E-state index is 6.12. The summed E-state index contributed by atoms with van der Waals surface area (Å²) in [7, 11) is 0. The van der Waals surface area contributed by atoms with E-state index in [0.29, 0.717) is 30.7 Å². The van der Waals surface area contributed by atoms with Crippen molar-refractivity contribution in [2.75, 3.05) is 18.6 Å². The highest BCUT2D eigenvalue weighted by molar-refractivity contribution is 6.30. The van der Waals surface area contributed by atoms with Crippen LogP contribution in [0.15, 0.2) is 55.1 Å². The van der Waals surface area contributed by atoms with Crippen molar-refractivity contribution < 1.29 is 9.47 Å². The molecule has 1 heterocycles. The van der Waals surface area contributed by atoms with E-state index in [2.05, 4.69) is 41.6 Å². The minimum Gasteiger partial charge on any atom is -0.490 e. The zero-order valence-electron chi connectivity index (χ0n) is 16.1. The van der Waals surface area contributed by atoms with Gasteiger partial charge >= 0.3 is 0 Å². The number of hydrogen-bond donors (Lipinski definition) is 1. The van der Waals surface area contributed by atoms with Crippen molar-refractivity contribution >= 4 is 11.6 Å². The maximum Gasteiger partial charge on any atom is 0.138 e. The van der Waals surface area contributed by atoms with Crippen LogP contribution < -0.4 is 14.9 Å². The highest BCUT2D eigenvalue weighted by atomic mass is 35.5. The molecule has 6 nitrogen and oxygen atoms in total. The van der Waals surface area contributed by atoms with Crippen LogP contribution in [0.3, 0.4) is 0 Å². The Balaban J connectivity index is 1.50. The summed E-state index contributed by atoms with van der Waals surface area (Å²) in [6.07, 6.45) is 4.31. The van der Waals surface area contributed by atoms with Gasteiger partial charge in [-0.3, -0.25) is 0 Å². The van der Waals surface area contributed by atoms with E-state index in [1.165, 1.54) is 5.56 Å². The molecule has 7 heteroatoms. The van der Waals surface area contributed by atoms with Gasteiger partial charge in [0.25, 0.3) is 0 Å². The van der Waals surface area contributed by atoms with Crippen molar-refractivity contribution in [1.82, 2.24) is 14.9 Å². The molecule has 3 rings (SSSR count). The molecule has 0 amide bonds. The Kier molecular flexibility index (Phi) is 7.14. The van der Waals surface area contributed by atoms with E-state index in [1.807, 2.05) is 30.3 Å². The van der Waals surface area contributed by atoms with Crippen LogP contribution in [-0.2, 0) is 6.54 Å². The predicted molar refractivity (Wildman–Crippen MR) is 111 cm³/mol. The normalized spacial score (nSPS) is 11.8. The molecular weight excluding hydrogens is 376 g/mol. The molecule has 2 aromatic carbocycles. The van der Waals surface area contributed by atoms with E-state index in [-0.39, 0.29) is 0 Å². The number of ether oxygens (including phenoxy) is 2. The molecule has 1 atom stereocenters. The Bertz CT molecular complexity index is 853. The van der Waals surface area contributed by atoms with Gasteiger partial charge in [-0.2, -0.15) is 0 Å². The summed E-state index contributed by atoms with van der Waals surface area (Å²) in [5.41, 5.74) is 5.44. The van der Waals surface area contributed by atoms with Gasteiger partial charge < -0.3 is 14.9 Å². The molecular formula is C21H25ClN4O2. The lowest BCUT2D eigenvalue weighted by Gasteiger charge is -2.14.